The standard InChI is InChI=1S/C14H17BrO3/c1-3-10(9-13(16)18-4-2)14(17)11-5-7-12(15)8-6-11/h5-8,10H,3-4,9H2,1-2H3. The zero-order valence-corrected chi connectivity index (χ0v) is 12.2. The summed E-state index contributed by atoms with van der Waals surface area (Å²) in [6.07, 6.45) is 0.785. The largest absolute Gasteiger partial charge is 0.466 e. The van der Waals surface area contributed by atoms with Crippen LogP contribution < -0.4 is 0 Å². The molecule has 0 aliphatic heterocycles. The maximum atomic E-state index is 12.2. The molecule has 0 heterocycles. The zero-order chi connectivity index (χ0) is 13.5. The number of rotatable bonds is 6. The average molecular weight is 313 g/mol. The van der Waals surface area contributed by atoms with Crippen molar-refractivity contribution >= 4 is 27.7 Å². The summed E-state index contributed by atoms with van der Waals surface area (Å²) in [5.41, 5.74) is 0.634. The van der Waals surface area contributed by atoms with Crippen molar-refractivity contribution in [1.29, 1.82) is 0 Å². The summed E-state index contributed by atoms with van der Waals surface area (Å²) in [7, 11) is 0. The van der Waals surface area contributed by atoms with Crippen molar-refractivity contribution in [2.45, 2.75) is 26.7 Å². The van der Waals surface area contributed by atoms with Crippen LogP contribution in [-0.4, -0.2) is 18.4 Å². The van der Waals surface area contributed by atoms with E-state index in [1.165, 1.54) is 0 Å². The SMILES string of the molecule is CCOC(=O)CC(CC)C(=O)c1ccc(Br)cc1. The predicted octanol–water partition coefficient (Wildman–Crippen LogP) is 3.61. The van der Waals surface area contributed by atoms with Crippen LogP contribution in [0, 0.1) is 5.92 Å². The Hall–Kier alpha value is -1.16. The number of esters is 1. The molecule has 4 heteroatoms. The first kappa shape index (κ1) is 14.9. The summed E-state index contributed by atoms with van der Waals surface area (Å²) < 4.78 is 5.81. The molecular formula is C14H17BrO3. The lowest BCUT2D eigenvalue weighted by Gasteiger charge is -2.12. The van der Waals surface area contributed by atoms with E-state index in [4.69, 9.17) is 4.74 Å². The molecule has 0 spiro atoms. The van der Waals surface area contributed by atoms with Crippen LogP contribution in [0.4, 0.5) is 0 Å². The quantitative estimate of drug-likeness (QED) is 0.595. The first-order chi connectivity index (χ1) is 8.58. The van der Waals surface area contributed by atoms with E-state index in [1.54, 1.807) is 19.1 Å². The third kappa shape index (κ3) is 4.26. The van der Waals surface area contributed by atoms with Crippen molar-refractivity contribution in [3.8, 4) is 0 Å². The molecule has 0 aliphatic rings. The van der Waals surface area contributed by atoms with Gasteiger partial charge in [-0.25, -0.2) is 0 Å². The van der Waals surface area contributed by atoms with Gasteiger partial charge < -0.3 is 4.74 Å². The second-order valence-electron chi connectivity index (χ2n) is 3.99. The van der Waals surface area contributed by atoms with Crippen molar-refractivity contribution < 1.29 is 14.3 Å². The van der Waals surface area contributed by atoms with Crippen molar-refractivity contribution in [2.75, 3.05) is 6.61 Å². The van der Waals surface area contributed by atoms with Gasteiger partial charge in [-0.15, -0.1) is 0 Å². The normalized spacial score (nSPS) is 11.9. The highest BCUT2D eigenvalue weighted by Crippen LogP contribution is 2.18. The van der Waals surface area contributed by atoms with Crippen LogP contribution in [-0.2, 0) is 9.53 Å². The monoisotopic (exact) mass is 312 g/mol. The highest BCUT2D eigenvalue weighted by atomic mass is 79.9. The van der Waals surface area contributed by atoms with Gasteiger partial charge in [0.2, 0.25) is 0 Å². The lowest BCUT2D eigenvalue weighted by molar-refractivity contribution is -0.143. The van der Waals surface area contributed by atoms with Gasteiger partial charge in [0.15, 0.2) is 5.78 Å². The van der Waals surface area contributed by atoms with Gasteiger partial charge in [0, 0.05) is 16.0 Å². The molecule has 1 aromatic rings. The molecule has 98 valence electrons. The van der Waals surface area contributed by atoms with Crippen molar-refractivity contribution in [3.05, 3.63) is 34.3 Å². The summed E-state index contributed by atoms with van der Waals surface area (Å²) in [6.45, 7) is 4.01. The number of Topliss-reactive ketones (excluding diaryl/α,β-unsaturated/α-hetero) is 1. The number of benzene rings is 1. The predicted molar refractivity (Wildman–Crippen MR) is 73.5 cm³/mol. The zero-order valence-electron chi connectivity index (χ0n) is 10.6. The van der Waals surface area contributed by atoms with E-state index >= 15 is 0 Å². The Morgan fingerprint density at radius 2 is 1.83 bits per heavy atom. The molecule has 0 radical (unpaired) electrons. The summed E-state index contributed by atoms with van der Waals surface area (Å²) >= 11 is 3.32. The van der Waals surface area contributed by atoms with Gasteiger partial charge in [-0.1, -0.05) is 35.0 Å². The smallest absolute Gasteiger partial charge is 0.306 e. The fourth-order valence-corrected chi connectivity index (χ4v) is 1.96. The van der Waals surface area contributed by atoms with Gasteiger partial charge >= 0.3 is 5.97 Å². The van der Waals surface area contributed by atoms with Gasteiger partial charge in [-0.05, 0) is 25.5 Å². The van der Waals surface area contributed by atoms with E-state index in [1.807, 2.05) is 19.1 Å². The number of hydrogen-bond donors (Lipinski definition) is 0. The van der Waals surface area contributed by atoms with Crippen LogP contribution in [0.15, 0.2) is 28.7 Å². The van der Waals surface area contributed by atoms with Gasteiger partial charge in [-0.3, -0.25) is 9.59 Å². The van der Waals surface area contributed by atoms with Gasteiger partial charge in [0.1, 0.15) is 0 Å². The molecule has 0 amide bonds. The van der Waals surface area contributed by atoms with E-state index in [0.29, 0.717) is 18.6 Å². The number of carbonyl (C=O) groups excluding carboxylic acids is 2. The number of hydrogen-bond acceptors (Lipinski definition) is 3. The minimum Gasteiger partial charge on any atom is -0.466 e. The number of halogens is 1. The molecule has 0 N–H and O–H groups in total. The van der Waals surface area contributed by atoms with E-state index in [9.17, 15) is 9.59 Å². The molecule has 18 heavy (non-hydrogen) atoms. The Morgan fingerprint density at radius 3 is 2.33 bits per heavy atom. The first-order valence-electron chi connectivity index (χ1n) is 6.03. The van der Waals surface area contributed by atoms with Crippen LogP contribution in [0.5, 0.6) is 0 Å². The molecule has 1 aromatic carbocycles. The Balaban J connectivity index is 2.73. The molecule has 0 fully saturated rings. The summed E-state index contributed by atoms with van der Waals surface area (Å²) in [5, 5.41) is 0. The van der Waals surface area contributed by atoms with Crippen LogP contribution in [0.2, 0.25) is 0 Å². The highest BCUT2D eigenvalue weighted by Gasteiger charge is 2.21. The molecule has 0 saturated heterocycles. The molecule has 1 unspecified atom stereocenters. The van der Waals surface area contributed by atoms with Crippen LogP contribution in [0.1, 0.15) is 37.0 Å². The van der Waals surface area contributed by atoms with Crippen molar-refractivity contribution in [1.82, 2.24) is 0 Å². The molecule has 0 aliphatic carbocycles. The maximum absolute atomic E-state index is 12.2. The topological polar surface area (TPSA) is 43.4 Å². The van der Waals surface area contributed by atoms with Gasteiger partial charge in [0.05, 0.1) is 13.0 Å². The van der Waals surface area contributed by atoms with Crippen LogP contribution >= 0.6 is 15.9 Å². The number of ketones is 1. The van der Waals surface area contributed by atoms with E-state index in [2.05, 4.69) is 15.9 Å². The summed E-state index contributed by atoms with van der Waals surface area (Å²) in [5.74, 6) is -0.613. The molecule has 0 bridgehead atoms. The van der Waals surface area contributed by atoms with Gasteiger partial charge in [-0.2, -0.15) is 0 Å². The second kappa shape index (κ2) is 7.31. The number of ether oxygens (including phenoxy) is 1. The lowest BCUT2D eigenvalue weighted by Crippen LogP contribution is -2.19. The molecule has 0 aromatic heterocycles. The Bertz CT molecular complexity index is 412. The summed E-state index contributed by atoms with van der Waals surface area (Å²) in [4.78, 5) is 23.6. The molecule has 1 rings (SSSR count). The van der Waals surface area contributed by atoms with Gasteiger partial charge in [0.25, 0.3) is 0 Å². The van der Waals surface area contributed by atoms with Crippen molar-refractivity contribution in [2.24, 2.45) is 5.92 Å². The van der Waals surface area contributed by atoms with Crippen molar-refractivity contribution in [3.63, 3.8) is 0 Å². The molecule has 1 atom stereocenters. The fourth-order valence-electron chi connectivity index (χ4n) is 1.69. The number of carbonyl (C=O) groups is 2. The van der Waals surface area contributed by atoms with E-state index in [0.717, 1.165) is 4.47 Å². The van der Waals surface area contributed by atoms with Crippen LogP contribution in [0.25, 0.3) is 0 Å². The second-order valence-corrected chi connectivity index (χ2v) is 4.90. The van der Waals surface area contributed by atoms with Crippen LogP contribution in [0.3, 0.4) is 0 Å². The molecule has 3 nitrogen and oxygen atoms in total. The Morgan fingerprint density at radius 1 is 1.22 bits per heavy atom. The minimum absolute atomic E-state index is 0.00180. The van der Waals surface area contributed by atoms with E-state index < -0.39 is 0 Å². The van der Waals surface area contributed by atoms with E-state index in [-0.39, 0.29) is 24.1 Å². The molecular weight excluding hydrogens is 296 g/mol. The highest BCUT2D eigenvalue weighted by molar-refractivity contribution is 9.10. The maximum Gasteiger partial charge on any atom is 0.306 e. The minimum atomic E-state index is -0.310. The fraction of sp³-hybridized carbons (Fsp3) is 0.429. The third-order valence-corrected chi connectivity index (χ3v) is 3.24. The first-order valence-corrected chi connectivity index (χ1v) is 6.83. The average Bonchev–Trinajstić information content (AvgIpc) is 2.36. The summed E-state index contributed by atoms with van der Waals surface area (Å²) in [6, 6.07) is 7.18. The lowest BCUT2D eigenvalue weighted by atomic mass is 9.92. The Kier molecular flexibility index (Phi) is 6.05. The third-order valence-electron chi connectivity index (χ3n) is 2.71. The Labute approximate surface area is 116 Å². The molecule has 0 saturated carbocycles.